The molecule has 0 fully saturated rings. The van der Waals surface area contributed by atoms with Crippen LogP contribution in [0.25, 0.3) is 0 Å². The number of nitrogens with zero attached hydrogens (tertiary/aromatic N) is 2. The average molecular weight is 1420 g/mol. The highest BCUT2D eigenvalue weighted by atomic mass is 35.5. The van der Waals surface area contributed by atoms with E-state index < -0.39 is 63.4 Å². The molecule has 0 spiro atoms. The number of rotatable bonds is 19. The number of hydrogen-bond acceptors (Lipinski definition) is 11. The minimum atomic E-state index is -4.54. The van der Waals surface area contributed by atoms with Gasteiger partial charge in [-0.15, -0.1) is 0 Å². The molecule has 0 saturated carbocycles. The molecule has 0 aromatic heterocycles. The van der Waals surface area contributed by atoms with Crippen LogP contribution in [-0.2, 0) is 28.6 Å². The molecule has 97 heavy (non-hydrogen) atoms. The predicted molar refractivity (Wildman–Crippen MR) is 365 cm³/mol. The highest BCUT2D eigenvalue weighted by Crippen LogP contribution is 2.38. The summed E-state index contributed by atoms with van der Waals surface area (Å²) in [5, 5.41) is 8.11. The molecule has 3 unspecified atom stereocenters. The van der Waals surface area contributed by atoms with E-state index in [0.717, 1.165) is 47.6 Å². The number of hydrogen-bond donors (Lipinski definition) is 5. The summed E-state index contributed by atoms with van der Waals surface area (Å²) in [5.41, 5.74) is 13.7. The van der Waals surface area contributed by atoms with Crippen molar-refractivity contribution in [1.29, 1.82) is 0 Å². The van der Waals surface area contributed by atoms with Crippen LogP contribution in [0.2, 0.25) is 15.1 Å². The monoisotopic (exact) mass is 1410 g/mol. The first-order valence-electron chi connectivity index (χ1n) is 29.2. The highest BCUT2D eigenvalue weighted by molar-refractivity contribution is 7.89. The zero-order valence-electron chi connectivity index (χ0n) is 50.5. The Balaban J connectivity index is 0.000000187. The van der Waals surface area contributed by atoms with E-state index in [2.05, 4.69) is 20.3 Å². The van der Waals surface area contributed by atoms with Crippen LogP contribution in [0.5, 0.6) is 34.5 Å². The van der Waals surface area contributed by atoms with Crippen LogP contribution < -0.4 is 45.9 Å². The van der Waals surface area contributed by atoms with Crippen LogP contribution in [0, 0.1) is 6.92 Å². The molecule has 1 aliphatic heterocycles. The van der Waals surface area contributed by atoms with Crippen molar-refractivity contribution in [2.75, 3.05) is 35.2 Å². The number of aryl methyl sites for hydroxylation is 1. The molecular weight excluding hydrogens is 1350 g/mol. The Hall–Kier alpha value is -9.42. The first kappa shape index (κ1) is 73.4. The van der Waals surface area contributed by atoms with Gasteiger partial charge in [-0.3, -0.25) is 4.99 Å². The van der Waals surface area contributed by atoms with Crippen molar-refractivity contribution in [2.24, 2.45) is 16.5 Å². The number of sulfonamides is 1. The number of nitrogens with two attached hydrogens (primary N) is 2. The van der Waals surface area contributed by atoms with Gasteiger partial charge in [0.25, 0.3) is 0 Å². The van der Waals surface area contributed by atoms with Crippen LogP contribution in [-0.4, -0.2) is 34.0 Å². The second kappa shape index (κ2) is 32.5. The third-order valence-electron chi connectivity index (χ3n) is 14.5. The SMILES string of the molecule is C.Cc1ccc(S(=O)(=O)NCC(Nc2ccc(Oc3ccc(Cl)cc3)cc2)c2cccc(C(F)(F)F)c2)cc1.NC1=NCC(c2cccc(C(F)(F)F)c2)N1c1ccc(Oc2ccc(Cl)cc2)cc1.NCC(Nc1ccc(Oc2ccc(Cl)cc2)cc1)c1cccc(C(F)(F)F)c1. The fourth-order valence-electron chi connectivity index (χ4n) is 9.61. The molecule has 3 atom stereocenters. The Morgan fingerprint density at radius 3 is 1.27 bits per heavy atom. The van der Waals surface area contributed by atoms with Crippen molar-refractivity contribution in [2.45, 2.75) is 55.9 Å². The van der Waals surface area contributed by atoms with Crippen LogP contribution in [0.1, 0.15) is 64.5 Å². The number of alkyl halides is 9. The standard InChI is InChI=1S/C28H24ClF3N2O3S.C22H17ClF3N3O.C21H18ClF3N2O.CH4/c1-19-5-15-26(16-6-19)38(35,36)33-18-27(20-3-2-4-21(17-20)28(30,31)32)34-23-9-13-25(14-10-23)37-24-11-7-22(29)8-12-24;23-16-4-8-18(9-5-16)30-19-10-6-17(7-11-19)29-20(13-28-21(29)27)14-2-1-3-15(12-14)22(24,25)26;22-16-4-8-18(9-5-16)28-19-10-6-17(7-11-19)27-20(13-26)14-2-1-3-15(12-14)21(23,24)25;/h2-17,27,33-34H,18H2,1H3;1-12,20H,13H2,(H2,27,28);1-12,20,27H,13,26H2;1H4. The summed E-state index contributed by atoms with van der Waals surface area (Å²) >= 11 is 17.6. The van der Waals surface area contributed by atoms with Gasteiger partial charge in [0.2, 0.25) is 10.0 Å². The number of guanidine groups is 1. The summed E-state index contributed by atoms with van der Waals surface area (Å²) in [6, 6.07) is 61.6. The number of aliphatic imine (C=N–C) groups is 1. The maximum atomic E-state index is 13.4. The van der Waals surface area contributed by atoms with E-state index in [1.54, 1.807) is 175 Å². The highest BCUT2D eigenvalue weighted by Gasteiger charge is 2.35. The lowest BCUT2D eigenvalue weighted by molar-refractivity contribution is -0.138. The lowest BCUT2D eigenvalue weighted by Crippen LogP contribution is -2.36. The lowest BCUT2D eigenvalue weighted by atomic mass is 10.0. The lowest BCUT2D eigenvalue weighted by Gasteiger charge is -2.27. The Kier molecular flexibility index (Phi) is 24.6. The number of benzene rings is 10. The normalized spacial score (nSPS) is 13.6. The molecule has 1 aliphatic rings. The molecule has 12 nitrogen and oxygen atoms in total. The smallest absolute Gasteiger partial charge is 0.416 e. The maximum absolute atomic E-state index is 13.4. The summed E-state index contributed by atoms with van der Waals surface area (Å²) in [7, 11) is -3.90. The summed E-state index contributed by atoms with van der Waals surface area (Å²) < 4.78 is 164. The van der Waals surface area contributed by atoms with Gasteiger partial charge in [-0.2, -0.15) is 39.5 Å². The van der Waals surface area contributed by atoms with E-state index in [0.29, 0.717) is 72.1 Å². The summed E-state index contributed by atoms with van der Waals surface area (Å²) in [5.74, 6) is 3.88. The van der Waals surface area contributed by atoms with Crippen molar-refractivity contribution < 1.29 is 62.1 Å². The number of nitrogens with one attached hydrogen (secondary N) is 3. The quantitative estimate of drug-likeness (QED) is 0.0492. The molecule has 506 valence electrons. The molecule has 10 aromatic rings. The van der Waals surface area contributed by atoms with Crippen LogP contribution in [0.15, 0.2) is 253 Å². The van der Waals surface area contributed by atoms with Gasteiger partial charge >= 0.3 is 18.5 Å². The second-order valence-corrected chi connectivity index (χ2v) is 24.5. The topological polar surface area (TPSA) is 166 Å². The maximum Gasteiger partial charge on any atom is 0.416 e. The molecule has 11 rings (SSSR count). The number of halogens is 12. The van der Waals surface area contributed by atoms with Gasteiger partial charge < -0.3 is 41.2 Å². The van der Waals surface area contributed by atoms with Gasteiger partial charge in [-0.05, 0) is 218 Å². The average Bonchev–Trinajstić information content (AvgIpc) is 1.70. The minimum Gasteiger partial charge on any atom is -0.457 e. The molecule has 7 N–H and O–H groups in total. The van der Waals surface area contributed by atoms with E-state index >= 15 is 0 Å². The molecule has 0 amide bonds. The van der Waals surface area contributed by atoms with Crippen LogP contribution in [0.3, 0.4) is 0 Å². The van der Waals surface area contributed by atoms with Crippen molar-refractivity contribution in [1.82, 2.24) is 4.72 Å². The van der Waals surface area contributed by atoms with Crippen molar-refractivity contribution >= 4 is 67.8 Å². The van der Waals surface area contributed by atoms with Crippen molar-refractivity contribution in [3.8, 4) is 34.5 Å². The van der Waals surface area contributed by atoms with E-state index in [1.807, 2.05) is 6.92 Å². The van der Waals surface area contributed by atoms with Gasteiger partial charge in [0.1, 0.15) is 34.5 Å². The molecule has 0 bridgehead atoms. The summed E-state index contributed by atoms with van der Waals surface area (Å²) in [6.45, 7) is 2.06. The second-order valence-electron chi connectivity index (χ2n) is 21.5. The largest absolute Gasteiger partial charge is 0.457 e. The van der Waals surface area contributed by atoms with Gasteiger partial charge in [0.15, 0.2) is 5.96 Å². The van der Waals surface area contributed by atoms with Crippen molar-refractivity contribution in [3.05, 3.63) is 297 Å². The Bertz CT molecular complexity index is 4330. The molecule has 0 aliphatic carbocycles. The van der Waals surface area contributed by atoms with E-state index in [1.165, 1.54) is 36.4 Å². The first-order valence-corrected chi connectivity index (χ1v) is 31.8. The number of ether oxygens (including phenoxy) is 3. The molecular formula is C72H63Cl3F9N7O5S. The first-order chi connectivity index (χ1) is 45.6. The van der Waals surface area contributed by atoms with E-state index in [4.69, 9.17) is 60.5 Å². The zero-order valence-corrected chi connectivity index (χ0v) is 53.6. The minimum absolute atomic E-state index is 0. The molecule has 0 radical (unpaired) electrons. The summed E-state index contributed by atoms with van der Waals surface area (Å²) in [6.07, 6.45) is -13.3. The predicted octanol–water partition coefficient (Wildman–Crippen LogP) is 20.5. The Labute approximate surface area is 570 Å². The van der Waals surface area contributed by atoms with Gasteiger partial charge in [-0.1, -0.05) is 96.3 Å². The van der Waals surface area contributed by atoms with Gasteiger partial charge in [0, 0.05) is 45.2 Å². The van der Waals surface area contributed by atoms with E-state index in [-0.39, 0.29) is 43.5 Å². The third-order valence-corrected chi connectivity index (χ3v) is 16.7. The van der Waals surface area contributed by atoms with Crippen LogP contribution >= 0.6 is 34.8 Å². The third kappa shape index (κ3) is 21.0. The Morgan fingerprint density at radius 2 is 0.866 bits per heavy atom. The van der Waals surface area contributed by atoms with Crippen LogP contribution in [0.4, 0.5) is 56.6 Å². The van der Waals surface area contributed by atoms with Crippen molar-refractivity contribution in [3.63, 3.8) is 0 Å². The molecule has 1 heterocycles. The number of anilines is 3. The van der Waals surface area contributed by atoms with E-state index in [9.17, 15) is 47.9 Å². The Morgan fingerprint density at radius 1 is 0.505 bits per heavy atom. The fraction of sp³-hybridized carbons (Fsp3) is 0.153. The summed E-state index contributed by atoms with van der Waals surface area (Å²) in [4.78, 5) is 6.03. The van der Waals surface area contributed by atoms with Gasteiger partial charge in [0.05, 0.1) is 46.3 Å². The molecule has 25 heteroatoms. The fourth-order valence-corrected chi connectivity index (χ4v) is 11.0. The molecule has 0 saturated heterocycles. The zero-order chi connectivity index (χ0) is 68.8. The molecule has 10 aromatic carbocycles. The van der Waals surface area contributed by atoms with Gasteiger partial charge in [-0.25, -0.2) is 13.1 Å².